The zero-order valence-electron chi connectivity index (χ0n) is 16.1. The number of ether oxygens (including phenoxy) is 1. The molecule has 1 N–H and O–H groups in total. The van der Waals surface area contributed by atoms with Crippen molar-refractivity contribution < 1.29 is 9.53 Å². The average molecular weight is 407 g/mol. The number of benzene rings is 1. The predicted octanol–water partition coefficient (Wildman–Crippen LogP) is 3.41. The molecule has 0 spiro atoms. The number of para-hydroxylation sites is 1. The fourth-order valence-electron chi connectivity index (χ4n) is 3.70. The Labute approximate surface area is 175 Å². The molecule has 3 aromatic rings. The third kappa shape index (κ3) is 3.86. The molecule has 1 saturated heterocycles. The molecular weight excluding hydrogens is 384 g/mol. The van der Waals surface area contributed by atoms with Gasteiger partial charge in [-0.3, -0.25) is 9.78 Å². The Morgan fingerprint density at radius 2 is 1.93 bits per heavy atom. The zero-order chi connectivity index (χ0) is 20.2. The summed E-state index contributed by atoms with van der Waals surface area (Å²) >= 11 is 5.60. The van der Waals surface area contributed by atoms with E-state index in [-0.39, 0.29) is 24.6 Å². The Hall–Kier alpha value is -3.19. The number of hydrogen-bond acceptors (Lipinski definition) is 4. The first-order chi connectivity index (χ1) is 14.2. The number of rotatable bonds is 6. The Kier molecular flexibility index (Phi) is 5.57. The molecule has 0 bridgehead atoms. The van der Waals surface area contributed by atoms with Gasteiger partial charge in [-0.05, 0) is 55.5 Å². The summed E-state index contributed by atoms with van der Waals surface area (Å²) in [4.78, 5) is 18.7. The van der Waals surface area contributed by atoms with Crippen molar-refractivity contribution in [2.24, 2.45) is 0 Å². The van der Waals surface area contributed by atoms with Crippen LogP contribution < -0.4 is 5.32 Å². The van der Waals surface area contributed by atoms with Gasteiger partial charge in [0.2, 0.25) is 0 Å². The van der Waals surface area contributed by atoms with Crippen molar-refractivity contribution in [1.29, 1.82) is 0 Å². The quantitative estimate of drug-likeness (QED) is 0.500. The normalized spacial score (nSPS) is 18.5. The van der Waals surface area contributed by atoms with E-state index in [4.69, 9.17) is 17.0 Å². The number of nitrogens with zero attached hydrogens (tertiary/aromatic N) is 3. The Bertz CT molecular complexity index is 990. The van der Waals surface area contributed by atoms with Gasteiger partial charge in [-0.1, -0.05) is 24.3 Å². The number of pyridine rings is 1. The molecule has 6 nitrogen and oxygen atoms in total. The van der Waals surface area contributed by atoms with E-state index in [1.54, 1.807) is 13.1 Å². The van der Waals surface area contributed by atoms with Gasteiger partial charge in [-0.15, -0.1) is 0 Å². The van der Waals surface area contributed by atoms with Gasteiger partial charge in [0, 0.05) is 23.8 Å². The minimum Gasteiger partial charge on any atom is -0.465 e. The molecule has 0 aliphatic carbocycles. The van der Waals surface area contributed by atoms with Crippen LogP contribution in [0.4, 0.5) is 0 Å². The molecule has 4 rings (SSSR count). The van der Waals surface area contributed by atoms with Gasteiger partial charge in [0.1, 0.15) is 6.54 Å². The molecule has 29 heavy (non-hydrogen) atoms. The Balaban J connectivity index is 1.77. The summed E-state index contributed by atoms with van der Waals surface area (Å²) in [5.41, 5.74) is 2.93. The van der Waals surface area contributed by atoms with E-state index < -0.39 is 0 Å². The molecule has 1 aliphatic rings. The molecule has 0 saturated carbocycles. The second kappa shape index (κ2) is 8.45. The average Bonchev–Trinajstić information content (AvgIpc) is 3.34. The number of thiocarbonyl (C=S) groups is 1. The van der Waals surface area contributed by atoms with Crippen LogP contribution in [0.15, 0.2) is 73.1 Å². The van der Waals surface area contributed by atoms with Gasteiger partial charge in [-0.2, -0.15) is 0 Å². The number of carbonyl (C=O) groups is 1. The molecule has 3 heterocycles. The van der Waals surface area contributed by atoms with Crippen molar-refractivity contribution in [3.05, 3.63) is 84.4 Å². The lowest BCUT2D eigenvalue weighted by molar-refractivity contribution is -0.143. The van der Waals surface area contributed by atoms with Gasteiger partial charge in [0.25, 0.3) is 0 Å². The molecule has 1 fully saturated rings. The first-order valence-electron chi connectivity index (χ1n) is 9.55. The molecule has 2 atom stereocenters. The fourth-order valence-corrected chi connectivity index (χ4v) is 4.01. The fraction of sp³-hybridized carbons (Fsp3) is 0.227. The predicted molar refractivity (Wildman–Crippen MR) is 115 cm³/mol. The molecule has 7 heteroatoms. The second-order valence-corrected chi connectivity index (χ2v) is 7.08. The molecule has 1 aromatic carbocycles. The number of aromatic nitrogens is 2. The monoisotopic (exact) mass is 406 g/mol. The SMILES string of the molecule is CCOC(=O)CN1C(=S)N[C@H](c2ccccn2)[C@H]1c1cccn1-c1ccccc1. The van der Waals surface area contributed by atoms with Crippen molar-refractivity contribution in [2.45, 2.75) is 19.0 Å². The number of hydrogen-bond donors (Lipinski definition) is 1. The maximum Gasteiger partial charge on any atom is 0.325 e. The highest BCUT2D eigenvalue weighted by Gasteiger charge is 2.42. The third-order valence-corrected chi connectivity index (χ3v) is 5.27. The number of esters is 1. The van der Waals surface area contributed by atoms with E-state index >= 15 is 0 Å². The molecule has 1 aliphatic heterocycles. The number of nitrogens with one attached hydrogen (secondary N) is 1. The highest BCUT2D eigenvalue weighted by Crippen LogP contribution is 2.39. The van der Waals surface area contributed by atoms with Crippen LogP contribution in [-0.2, 0) is 9.53 Å². The summed E-state index contributed by atoms with van der Waals surface area (Å²) in [6.07, 6.45) is 3.78. The molecular formula is C22H22N4O2S. The van der Waals surface area contributed by atoms with Gasteiger partial charge in [0.05, 0.1) is 24.4 Å². The molecule has 148 valence electrons. The van der Waals surface area contributed by atoms with Crippen LogP contribution in [0, 0.1) is 0 Å². The summed E-state index contributed by atoms with van der Waals surface area (Å²) < 4.78 is 7.30. The molecule has 0 unspecified atom stereocenters. The van der Waals surface area contributed by atoms with Crippen molar-refractivity contribution in [3.63, 3.8) is 0 Å². The van der Waals surface area contributed by atoms with Crippen LogP contribution >= 0.6 is 12.2 Å². The summed E-state index contributed by atoms with van der Waals surface area (Å²) in [5, 5.41) is 3.87. The van der Waals surface area contributed by atoms with E-state index in [0.29, 0.717) is 11.7 Å². The summed E-state index contributed by atoms with van der Waals surface area (Å²) in [6, 6.07) is 19.6. The first-order valence-corrected chi connectivity index (χ1v) is 9.96. The van der Waals surface area contributed by atoms with Crippen LogP contribution in [0.1, 0.15) is 30.4 Å². The lowest BCUT2D eigenvalue weighted by atomic mass is 10.0. The largest absolute Gasteiger partial charge is 0.465 e. The zero-order valence-corrected chi connectivity index (χ0v) is 16.9. The molecule has 0 radical (unpaired) electrons. The Morgan fingerprint density at radius 3 is 2.66 bits per heavy atom. The number of carbonyl (C=O) groups excluding carboxylic acids is 1. The van der Waals surface area contributed by atoms with Gasteiger partial charge in [-0.25, -0.2) is 0 Å². The summed E-state index contributed by atoms with van der Waals surface area (Å²) in [5.74, 6) is -0.305. The van der Waals surface area contributed by atoms with E-state index in [1.807, 2.05) is 53.6 Å². The van der Waals surface area contributed by atoms with Crippen molar-refractivity contribution >= 4 is 23.3 Å². The lowest BCUT2D eigenvalue weighted by Gasteiger charge is -2.28. The van der Waals surface area contributed by atoms with Crippen LogP contribution in [0.5, 0.6) is 0 Å². The van der Waals surface area contributed by atoms with E-state index in [0.717, 1.165) is 17.1 Å². The minimum absolute atomic E-state index is 0.0770. The molecule has 2 aromatic heterocycles. The summed E-state index contributed by atoms with van der Waals surface area (Å²) in [7, 11) is 0. The van der Waals surface area contributed by atoms with Crippen molar-refractivity contribution in [3.8, 4) is 5.69 Å². The second-order valence-electron chi connectivity index (χ2n) is 6.70. The van der Waals surface area contributed by atoms with E-state index in [2.05, 4.69) is 33.1 Å². The van der Waals surface area contributed by atoms with Crippen LogP contribution in [-0.4, -0.2) is 38.7 Å². The highest BCUT2D eigenvalue weighted by atomic mass is 32.1. The molecule has 0 amide bonds. The van der Waals surface area contributed by atoms with Gasteiger partial charge in [0.15, 0.2) is 5.11 Å². The topological polar surface area (TPSA) is 59.4 Å². The van der Waals surface area contributed by atoms with Crippen molar-refractivity contribution in [1.82, 2.24) is 19.8 Å². The van der Waals surface area contributed by atoms with Crippen LogP contribution in [0.2, 0.25) is 0 Å². The van der Waals surface area contributed by atoms with E-state index in [1.165, 1.54) is 0 Å². The van der Waals surface area contributed by atoms with Gasteiger partial charge >= 0.3 is 5.97 Å². The maximum absolute atomic E-state index is 12.3. The van der Waals surface area contributed by atoms with Crippen LogP contribution in [0.25, 0.3) is 5.69 Å². The first kappa shape index (κ1) is 19.1. The minimum atomic E-state index is -0.305. The third-order valence-electron chi connectivity index (χ3n) is 4.92. The standard InChI is InChI=1S/C22H22N4O2S/c1-2-28-19(27)15-26-21(20(24-22(26)29)17-11-6-7-13-23-17)18-12-8-14-25(18)16-9-4-3-5-10-16/h3-14,20-21H,2,15H2,1H3,(H,24,29)/t20-,21-/m1/s1. The summed E-state index contributed by atoms with van der Waals surface area (Å²) in [6.45, 7) is 2.21. The smallest absolute Gasteiger partial charge is 0.325 e. The Morgan fingerprint density at radius 1 is 1.14 bits per heavy atom. The highest BCUT2D eigenvalue weighted by molar-refractivity contribution is 7.80. The van der Waals surface area contributed by atoms with Gasteiger partial charge < -0.3 is 19.5 Å². The van der Waals surface area contributed by atoms with E-state index in [9.17, 15) is 4.79 Å². The van der Waals surface area contributed by atoms with Crippen LogP contribution in [0.3, 0.4) is 0 Å². The van der Waals surface area contributed by atoms with Crippen molar-refractivity contribution in [2.75, 3.05) is 13.2 Å². The maximum atomic E-state index is 12.3. The lowest BCUT2D eigenvalue weighted by Crippen LogP contribution is -2.36.